The van der Waals surface area contributed by atoms with Gasteiger partial charge in [0.25, 0.3) is 5.56 Å². The Balaban J connectivity index is 2.62. The summed E-state index contributed by atoms with van der Waals surface area (Å²) in [7, 11) is 0. The van der Waals surface area contributed by atoms with E-state index in [2.05, 4.69) is 31.1 Å². The summed E-state index contributed by atoms with van der Waals surface area (Å²) in [6, 6.07) is 7.87. The van der Waals surface area contributed by atoms with Crippen LogP contribution in [-0.4, -0.2) is 9.78 Å². The lowest BCUT2D eigenvalue weighted by Gasteiger charge is -2.10. The van der Waals surface area contributed by atoms with Crippen molar-refractivity contribution in [1.29, 1.82) is 0 Å². The fourth-order valence-electron chi connectivity index (χ4n) is 1.96. The number of aryl methyl sites for hydroxylation is 3. The van der Waals surface area contributed by atoms with E-state index in [0.717, 1.165) is 17.8 Å². The van der Waals surface area contributed by atoms with Gasteiger partial charge in [0.05, 0.1) is 5.69 Å². The number of aromatic amines is 1. The van der Waals surface area contributed by atoms with Crippen molar-refractivity contribution in [3.05, 3.63) is 51.4 Å². The molecule has 0 saturated heterocycles. The predicted molar refractivity (Wildman–Crippen MR) is 65.2 cm³/mol. The third kappa shape index (κ3) is 1.81. The highest BCUT2D eigenvalue weighted by Gasteiger charge is 2.06. The molecule has 1 aromatic carbocycles. The Morgan fingerprint density at radius 2 is 2.00 bits per heavy atom. The van der Waals surface area contributed by atoms with Crippen molar-refractivity contribution in [1.82, 2.24) is 9.78 Å². The van der Waals surface area contributed by atoms with Gasteiger partial charge in [-0.2, -0.15) is 0 Å². The van der Waals surface area contributed by atoms with E-state index in [1.807, 2.05) is 17.7 Å². The zero-order valence-electron chi connectivity index (χ0n) is 9.87. The number of nitrogens with zero attached hydrogens (tertiary/aromatic N) is 1. The van der Waals surface area contributed by atoms with Gasteiger partial charge in [0.2, 0.25) is 0 Å². The quantitative estimate of drug-likeness (QED) is 0.822. The van der Waals surface area contributed by atoms with Gasteiger partial charge in [-0.1, -0.05) is 24.6 Å². The molecule has 3 nitrogen and oxygen atoms in total. The second kappa shape index (κ2) is 4.00. The van der Waals surface area contributed by atoms with E-state index in [-0.39, 0.29) is 5.56 Å². The number of aromatic nitrogens is 2. The molecule has 0 spiro atoms. The molecule has 2 rings (SSSR count). The minimum Gasteiger partial charge on any atom is -0.268 e. The number of hydrogen-bond donors (Lipinski definition) is 1. The fraction of sp³-hybridized carbons (Fsp3) is 0.308. The van der Waals surface area contributed by atoms with E-state index in [9.17, 15) is 4.79 Å². The maximum atomic E-state index is 11.3. The Kier molecular flexibility index (Phi) is 2.69. The molecule has 0 aliphatic rings. The summed E-state index contributed by atoms with van der Waals surface area (Å²) < 4.78 is 1.87. The van der Waals surface area contributed by atoms with Crippen LogP contribution in [0.25, 0.3) is 5.69 Å². The second-order valence-electron chi connectivity index (χ2n) is 4.09. The molecular weight excluding hydrogens is 200 g/mol. The largest absolute Gasteiger partial charge is 0.268 e. The molecule has 0 saturated carbocycles. The van der Waals surface area contributed by atoms with Gasteiger partial charge >= 0.3 is 0 Å². The van der Waals surface area contributed by atoms with Crippen molar-refractivity contribution in [2.45, 2.75) is 27.2 Å². The van der Waals surface area contributed by atoms with Crippen LogP contribution in [0.4, 0.5) is 0 Å². The third-order valence-corrected chi connectivity index (χ3v) is 2.76. The molecular formula is C13H16N2O. The average molecular weight is 216 g/mol. The Bertz CT molecular complexity index is 564. The zero-order chi connectivity index (χ0) is 11.7. The number of rotatable bonds is 2. The molecule has 3 heteroatoms. The van der Waals surface area contributed by atoms with Gasteiger partial charge in [0, 0.05) is 11.8 Å². The first kappa shape index (κ1) is 10.7. The lowest BCUT2D eigenvalue weighted by atomic mass is 10.1. The summed E-state index contributed by atoms with van der Waals surface area (Å²) in [6.07, 6.45) is 0.839. The van der Waals surface area contributed by atoms with Gasteiger partial charge in [-0.15, -0.1) is 0 Å². The predicted octanol–water partition coefficient (Wildman–Crippen LogP) is 2.34. The SMILES string of the molecule is CCc1cc(=O)[nH]n1-c1ccc(C)cc1C. The first-order chi connectivity index (χ1) is 7.61. The number of nitrogens with one attached hydrogen (secondary N) is 1. The van der Waals surface area contributed by atoms with Gasteiger partial charge in [-0.25, -0.2) is 0 Å². The Hall–Kier alpha value is -1.77. The van der Waals surface area contributed by atoms with E-state index >= 15 is 0 Å². The molecule has 0 atom stereocenters. The molecule has 0 unspecified atom stereocenters. The maximum Gasteiger partial charge on any atom is 0.264 e. The minimum atomic E-state index is -0.0446. The van der Waals surface area contributed by atoms with Crippen LogP contribution in [0.2, 0.25) is 0 Å². The van der Waals surface area contributed by atoms with Crippen LogP contribution in [-0.2, 0) is 6.42 Å². The third-order valence-electron chi connectivity index (χ3n) is 2.76. The van der Waals surface area contributed by atoms with Crippen LogP contribution in [0.5, 0.6) is 0 Å². The number of H-pyrrole nitrogens is 1. The average Bonchev–Trinajstić information content (AvgIpc) is 2.59. The van der Waals surface area contributed by atoms with Crippen LogP contribution >= 0.6 is 0 Å². The molecule has 0 fully saturated rings. The van der Waals surface area contributed by atoms with Crippen molar-refractivity contribution >= 4 is 0 Å². The highest BCUT2D eigenvalue weighted by atomic mass is 16.1. The van der Waals surface area contributed by atoms with E-state index in [0.29, 0.717) is 0 Å². The maximum absolute atomic E-state index is 11.3. The van der Waals surface area contributed by atoms with Gasteiger partial charge in [0.1, 0.15) is 0 Å². The van der Waals surface area contributed by atoms with E-state index in [1.165, 1.54) is 11.1 Å². The summed E-state index contributed by atoms with van der Waals surface area (Å²) in [4.78, 5) is 11.3. The van der Waals surface area contributed by atoms with Crippen molar-refractivity contribution in [3.63, 3.8) is 0 Å². The van der Waals surface area contributed by atoms with E-state index < -0.39 is 0 Å². The first-order valence-corrected chi connectivity index (χ1v) is 5.50. The molecule has 16 heavy (non-hydrogen) atoms. The fourth-order valence-corrected chi connectivity index (χ4v) is 1.96. The molecule has 1 aromatic heterocycles. The standard InChI is InChI=1S/C13H16N2O/c1-4-11-8-13(16)14-15(11)12-6-5-9(2)7-10(12)3/h5-8H,4H2,1-3H3,(H,14,16). The molecule has 2 aromatic rings. The summed E-state index contributed by atoms with van der Waals surface area (Å²) >= 11 is 0. The molecule has 0 aliphatic heterocycles. The van der Waals surface area contributed by atoms with E-state index in [4.69, 9.17) is 0 Å². The zero-order valence-corrected chi connectivity index (χ0v) is 9.87. The lowest BCUT2D eigenvalue weighted by molar-refractivity contribution is 0.799. The normalized spacial score (nSPS) is 10.7. The highest BCUT2D eigenvalue weighted by Crippen LogP contribution is 2.16. The van der Waals surface area contributed by atoms with Crippen molar-refractivity contribution in [2.75, 3.05) is 0 Å². The summed E-state index contributed by atoms with van der Waals surface area (Å²) in [5.41, 5.74) is 4.41. The van der Waals surface area contributed by atoms with Crippen LogP contribution in [0.15, 0.2) is 29.1 Å². The Morgan fingerprint density at radius 1 is 1.25 bits per heavy atom. The highest BCUT2D eigenvalue weighted by molar-refractivity contribution is 5.42. The Labute approximate surface area is 94.7 Å². The molecule has 84 valence electrons. The number of hydrogen-bond acceptors (Lipinski definition) is 1. The van der Waals surface area contributed by atoms with E-state index in [1.54, 1.807) is 6.07 Å². The van der Waals surface area contributed by atoms with Gasteiger partial charge in [-0.05, 0) is 31.9 Å². The van der Waals surface area contributed by atoms with Crippen LogP contribution in [0, 0.1) is 13.8 Å². The summed E-state index contributed by atoms with van der Waals surface area (Å²) in [5, 5.41) is 2.83. The summed E-state index contributed by atoms with van der Waals surface area (Å²) in [5.74, 6) is 0. The van der Waals surface area contributed by atoms with Crippen molar-refractivity contribution in [2.24, 2.45) is 0 Å². The second-order valence-corrected chi connectivity index (χ2v) is 4.09. The molecule has 1 heterocycles. The van der Waals surface area contributed by atoms with Gasteiger partial charge < -0.3 is 0 Å². The molecule has 0 bridgehead atoms. The topological polar surface area (TPSA) is 37.8 Å². The first-order valence-electron chi connectivity index (χ1n) is 5.50. The monoisotopic (exact) mass is 216 g/mol. The molecule has 0 radical (unpaired) electrons. The smallest absolute Gasteiger partial charge is 0.264 e. The lowest BCUT2D eigenvalue weighted by Crippen LogP contribution is -2.06. The Morgan fingerprint density at radius 3 is 2.62 bits per heavy atom. The molecule has 0 amide bonds. The minimum absolute atomic E-state index is 0.0446. The van der Waals surface area contributed by atoms with Crippen molar-refractivity contribution < 1.29 is 0 Å². The van der Waals surface area contributed by atoms with Crippen LogP contribution < -0.4 is 5.56 Å². The molecule has 1 N–H and O–H groups in total. The van der Waals surface area contributed by atoms with Crippen LogP contribution in [0.1, 0.15) is 23.7 Å². The summed E-state index contributed by atoms with van der Waals surface area (Å²) in [6.45, 7) is 6.17. The van der Waals surface area contributed by atoms with Gasteiger partial charge in [-0.3, -0.25) is 14.6 Å². The van der Waals surface area contributed by atoms with Crippen molar-refractivity contribution in [3.8, 4) is 5.69 Å². The molecule has 0 aliphatic carbocycles. The number of benzene rings is 1. The van der Waals surface area contributed by atoms with Crippen LogP contribution in [0.3, 0.4) is 0 Å². The van der Waals surface area contributed by atoms with Gasteiger partial charge in [0.15, 0.2) is 0 Å².